The number of hydrogen-bond acceptors (Lipinski definition) is 6. The first-order chi connectivity index (χ1) is 16.4. The monoisotopic (exact) mass is 536 g/mol. The van der Waals surface area contributed by atoms with Crippen LogP contribution >= 0.6 is 11.6 Å². The summed E-state index contributed by atoms with van der Waals surface area (Å²) < 4.78 is 72.4. The summed E-state index contributed by atoms with van der Waals surface area (Å²) in [6, 6.07) is 2.63. The Bertz CT molecular complexity index is 1140. The molecule has 3 heterocycles. The Morgan fingerprint density at radius 1 is 1.23 bits per heavy atom. The molecule has 4 rings (SSSR count). The molecule has 0 radical (unpaired) electrons. The minimum absolute atomic E-state index is 0.0430. The first kappa shape index (κ1) is 26.0. The second-order valence-corrected chi connectivity index (χ2v) is 11.1. The quantitative estimate of drug-likeness (QED) is 0.577. The molecule has 2 fully saturated rings. The highest BCUT2D eigenvalue weighted by molar-refractivity contribution is 8.04. The summed E-state index contributed by atoms with van der Waals surface area (Å²) in [5.74, 6) is -0.573. The highest BCUT2D eigenvalue weighted by atomic mass is 35.5. The second-order valence-electron chi connectivity index (χ2n) is 8.76. The minimum Gasteiger partial charge on any atom is -0.381 e. The molecule has 9 nitrogen and oxygen atoms in total. The van der Waals surface area contributed by atoms with E-state index in [9.17, 15) is 26.4 Å². The lowest BCUT2D eigenvalue weighted by Gasteiger charge is -2.49. The number of hydrazone groups is 1. The van der Waals surface area contributed by atoms with E-state index in [4.69, 9.17) is 16.3 Å². The van der Waals surface area contributed by atoms with Crippen LogP contribution < -0.4 is 5.32 Å². The van der Waals surface area contributed by atoms with Gasteiger partial charge in [-0.15, -0.1) is 0 Å². The van der Waals surface area contributed by atoms with Crippen molar-refractivity contribution in [3.05, 3.63) is 34.3 Å². The third kappa shape index (κ3) is 5.38. The van der Waals surface area contributed by atoms with Crippen molar-refractivity contribution in [2.75, 3.05) is 52.5 Å². The van der Waals surface area contributed by atoms with Crippen molar-refractivity contribution >= 4 is 39.3 Å². The lowest BCUT2D eigenvalue weighted by atomic mass is 9.87. The number of amides is 1. The van der Waals surface area contributed by atoms with Crippen LogP contribution in [0.25, 0.3) is 0 Å². The van der Waals surface area contributed by atoms with E-state index in [1.165, 1.54) is 8.99 Å². The molecule has 192 valence electrons. The van der Waals surface area contributed by atoms with Gasteiger partial charge in [0.05, 0.1) is 16.1 Å². The number of alkyl halides is 3. The third-order valence-electron chi connectivity index (χ3n) is 6.66. The van der Waals surface area contributed by atoms with E-state index < -0.39 is 33.2 Å². The van der Waals surface area contributed by atoms with Crippen LogP contribution in [0.1, 0.15) is 28.8 Å². The summed E-state index contributed by atoms with van der Waals surface area (Å²) in [5, 5.41) is 6.50. The number of benzene rings is 1. The molecule has 3 aliphatic heterocycles. The maximum atomic E-state index is 12.9. The molecule has 1 N–H and O–H groups in total. The highest BCUT2D eigenvalue weighted by Gasteiger charge is 2.44. The zero-order valence-electron chi connectivity index (χ0n) is 18.9. The van der Waals surface area contributed by atoms with Crippen molar-refractivity contribution in [3.63, 3.8) is 0 Å². The van der Waals surface area contributed by atoms with Gasteiger partial charge in [-0.25, -0.2) is 8.42 Å². The smallest absolute Gasteiger partial charge is 0.381 e. The van der Waals surface area contributed by atoms with Crippen LogP contribution in [0, 0.1) is 0 Å². The zero-order valence-corrected chi connectivity index (χ0v) is 20.4. The average Bonchev–Trinajstić information content (AvgIpc) is 2.80. The van der Waals surface area contributed by atoms with Gasteiger partial charge in [-0.05, 0) is 31.0 Å². The number of nitrogens with one attached hydrogen (secondary N) is 1. The number of piperazine rings is 1. The molecular formula is C21H26ClF3N5O4S+. The van der Waals surface area contributed by atoms with Crippen LogP contribution in [-0.4, -0.2) is 98.0 Å². The van der Waals surface area contributed by atoms with Gasteiger partial charge in [0, 0.05) is 56.6 Å². The van der Waals surface area contributed by atoms with Crippen molar-refractivity contribution in [3.8, 4) is 0 Å². The molecular weight excluding hydrogens is 511 g/mol. The fourth-order valence-electron chi connectivity index (χ4n) is 4.56. The van der Waals surface area contributed by atoms with Gasteiger partial charge in [-0.3, -0.25) is 9.69 Å². The van der Waals surface area contributed by atoms with Crippen molar-refractivity contribution in [2.45, 2.75) is 24.6 Å². The summed E-state index contributed by atoms with van der Waals surface area (Å²) in [4.78, 5) is 14.9. The van der Waals surface area contributed by atoms with Gasteiger partial charge >= 0.3 is 6.18 Å². The van der Waals surface area contributed by atoms with E-state index in [1.807, 2.05) is 0 Å². The lowest BCUT2D eigenvalue weighted by Crippen LogP contribution is -2.64. The number of hydrogen-bond donors (Lipinski definition) is 1. The molecule has 0 aromatic heterocycles. The molecule has 2 saturated heterocycles. The van der Waals surface area contributed by atoms with Gasteiger partial charge in [-0.2, -0.15) is 17.5 Å². The summed E-state index contributed by atoms with van der Waals surface area (Å²) >= 11 is 5.98. The Morgan fingerprint density at radius 3 is 2.40 bits per heavy atom. The Labute approximate surface area is 206 Å². The summed E-state index contributed by atoms with van der Waals surface area (Å²) in [7, 11) is -3.63. The topological polar surface area (TPSA) is 94.3 Å². The van der Waals surface area contributed by atoms with E-state index in [2.05, 4.69) is 22.0 Å². The molecule has 0 bridgehead atoms. The number of nitrogens with zero attached hydrogens (tertiary/aromatic N) is 4. The van der Waals surface area contributed by atoms with Crippen LogP contribution in [0.3, 0.4) is 0 Å². The largest absolute Gasteiger partial charge is 0.416 e. The number of rotatable bonds is 5. The molecule has 35 heavy (non-hydrogen) atoms. The van der Waals surface area contributed by atoms with Crippen molar-refractivity contribution in [2.24, 2.45) is 5.10 Å². The SMILES string of the molecule is C=[N+]1CC(S(=O)(=O)N2CCN(C3(CNC(=O)c4ccc(C(F)(F)F)cc4Cl)CCOCC3)CC2)=N1. The Kier molecular flexibility index (Phi) is 7.26. The zero-order chi connectivity index (χ0) is 25.4. The molecule has 3 aliphatic rings. The molecule has 1 aromatic carbocycles. The van der Waals surface area contributed by atoms with Gasteiger partial charge in [0.2, 0.25) is 6.54 Å². The van der Waals surface area contributed by atoms with Crippen LogP contribution in [0.5, 0.6) is 0 Å². The molecule has 0 aliphatic carbocycles. The summed E-state index contributed by atoms with van der Waals surface area (Å²) in [6.45, 7) is 6.39. The number of carbonyl (C=O) groups excluding carboxylic acids is 1. The molecule has 0 unspecified atom stereocenters. The highest BCUT2D eigenvalue weighted by Crippen LogP contribution is 2.33. The maximum absolute atomic E-state index is 12.9. The van der Waals surface area contributed by atoms with Crippen molar-refractivity contribution in [1.82, 2.24) is 14.5 Å². The molecule has 0 spiro atoms. The number of halogens is 4. The standard InChI is InChI=1S/C21H25ClF3N5O4S/c1-28-13-18(27-28)35(32,33)30-8-6-29(7-9-30)20(4-10-34-11-5-20)14-26-19(31)16-3-2-15(12-17(16)22)21(23,24)25/h2-3,12H,1,4-11,13-14H2/p+1. The van der Waals surface area contributed by atoms with Crippen molar-refractivity contribution in [1.29, 1.82) is 0 Å². The predicted octanol–water partition coefficient (Wildman–Crippen LogP) is 1.63. The molecule has 14 heteroatoms. The summed E-state index contributed by atoms with van der Waals surface area (Å²) in [6.07, 6.45) is -3.33. The molecule has 0 saturated carbocycles. The van der Waals surface area contributed by atoms with E-state index in [-0.39, 0.29) is 41.8 Å². The summed E-state index contributed by atoms with van der Waals surface area (Å²) in [5.41, 5.74) is -1.44. The fourth-order valence-corrected chi connectivity index (χ4v) is 6.30. The molecule has 0 atom stereocenters. The van der Waals surface area contributed by atoms with Gasteiger partial charge in [0.25, 0.3) is 21.0 Å². The first-order valence-electron chi connectivity index (χ1n) is 11.1. The van der Waals surface area contributed by atoms with Crippen LogP contribution in [-0.2, 0) is 20.9 Å². The molecule has 1 aromatic rings. The lowest BCUT2D eigenvalue weighted by molar-refractivity contribution is -0.532. The second kappa shape index (κ2) is 9.77. The maximum Gasteiger partial charge on any atom is 0.416 e. The number of ether oxygens (including phenoxy) is 1. The van der Waals surface area contributed by atoms with Crippen LogP contribution in [0.2, 0.25) is 5.02 Å². The Hall–Kier alpha value is -2.06. The number of sulfonamides is 1. The van der Waals surface area contributed by atoms with E-state index in [0.29, 0.717) is 39.1 Å². The normalized spacial score (nSPS) is 21.8. The average molecular weight is 537 g/mol. The van der Waals surface area contributed by atoms with Gasteiger partial charge in [-0.1, -0.05) is 16.3 Å². The van der Waals surface area contributed by atoms with Gasteiger partial charge < -0.3 is 10.1 Å². The third-order valence-corrected chi connectivity index (χ3v) is 8.82. The molecule has 1 amide bonds. The van der Waals surface area contributed by atoms with Crippen molar-refractivity contribution < 1.29 is 35.8 Å². The Morgan fingerprint density at radius 2 is 1.86 bits per heavy atom. The predicted molar refractivity (Wildman–Crippen MR) is 123 cm³/mol. The van der Waals surface area contributed by atoms with E-state index >= 15 is 0 Å². The van der Waals surface area contributed by atoms with Gasteiger partial charge in [0.1, 0.15) is 0 Å². The number of carbonyl (C=O) groups is 1. The fraction of sp³-hybridized carbons (Fsp3) is 0.571. The van der Waals surface area contributed by atoms with Gasteiger partial charge in [0.15, 0.2) is 6.72 Å². The van der Waals surface area contributed by atoms with E-state index in [0.717, 1.165) is 18.2 Å². The van der Waals surface area contributed by atoms with E-state index in [1.54, 1.807) is 0 Å². The van der Waals surface area contributed by atoms with Crippen LogP contribution in [0.15, 0.2) is 23.3 Å². The first-order valence-corrected chi connectivity index (χ1v) is 12.9. The minimum atomic E-state index is -4.56. The van der Waals surface area contributed by atoms with Crippen LogP contribution in [0.4, 0.5) is 13.2 Å². The Balaban J connectivity index is 1.43.